The number of rotatable bonds is 5. The molecule has 0 aliphatic carbocycles. The van der Waals surface area contributed by atoms with Crippen LogP contribution in [0.5, 0.6) is 0 Å². The second-order valence-corrected chi connectivity index (χ2v) is 5.86. The number of nitrogens with zero attached hydrogens (tertiary/aromatic N) is 1. The highest BCUT2D eigenvalue weighted by Crippen LogP contribution is 2.27. The van der Waals surface area contributed by atoms with Crippen molar-refractivity contribution in [2.45, 2.75) is 13.0 Å². The molecule has 0 saturated heterocycles. The Labute approximate surface area is 156 Å². The molecular weight excluding hydrogens is 344 g/mol. The van der Waals surface area contributed by atoms with Crippen LogP contribution in [0.3, 0.4) is 0 Å². The van der Waals surface area contributed by atoms with E-state index >= 15 is 0 Å². The topological polar surface area (TPSA) is 82.3 Å². The Kier molecular flexibility index (Phi) is 5.47. The number of benzene rings is 2. The summed E-state index contributed by atoms with van der Waals surface area (Å²) in [4.78, 5) is 24.6. The summed E-state index contributed by atoms with van der Waals surface area (Å²) in [6.45, 7) is 1.45. The van der Waals surface area contributed by atoms with Crippen LogP contribution in [-0.2, 0) is 9.53 Å². The molecule has 3 rings (SSSR count). The summed E-state index contributed by atoms with van der Waals surface area (Å²) in [5.74, 6) is -1.34. The van der Waals surface area contributed by atoms with Gasteiger partial charge in [0.15, 0.2) is 12.3 Å². The minimum atomic E-state index is -1.07. The SMILES string of the molecule is C[C@@H](OC(=O)c1cccc[n+]1[O-])C(=O)Nc1ccccc1-c1ccccc1. The molecule has 0 aliphatic heterocycles. The van der Waals surface area contributed by atoms with Crippen LogP contribution < -0.4 is 10.0 Å². The van der Waals surface area contributed by atoms with Crippen LogP contribution in [0, 0.1) is 5.21 Å². The third-order valence-electron chi connectivity index (χ3n) is 3.96. The summed E-state index contributed by atoms with van der Waals surface area (Å²) in [5.41, 5.74) is 2.23. The first kappa shape index (κ1) is 18.1. The largest absolute Gasteiger partial charge is 0.618 e. The van der Waals surface area contributed by atoms with Gasteiger partial charge in [-0.25, -0.2) is 4.79 Å². The maximum Gasteiger partial charge on any atom is 0.405 e. The maximum absolute atomic E-state index is 12.5. The fourth-order valence-electron chi connectivity index (χ4n) is 2.56. The van der Waals surface area contributed by atoms with E-state index in [1.54, 1.807) is 12.1 Å². The van der Waals surface area contributed by atoms with Gasteiger partial charge in [-0.15, -0.1) is 0 Å². The highest BCUT2D eigenvalue weighted by molar-refractivity contribution is 5.99. The molecule has 6 heteroatoms. The first-order chi connectivity index (χ1) is 13.1. The lowest BCUT2D eigenvalue weighted by Crippen LogP contribution is -2.37. The van der Waals surface area contributed by atoms with Gasteiger partial charge in [-0.05, 0) is 24.6 Å². The van der Waals surface area contributed by atoms with E-state index in [0.717, 1.165) is 11.1 Å². The third-order valence-corrected chi connectivity index (χ3v) is 3.96. The predicted molar refractivity (Wildman–Crippen MR) is 101 cm³/mol. The number of carbonyl (C=O) groups excluding carboxylic acids is 2. The van der Waals surface area contributed by atoms with Crippen molar-refractivity contribution >= 4 is 17.6 Å². The molecule has 0 aliphatic rings. The Bertz CT molecular complexity index is 957. The predicted octanol–water partition coefficient (Wildman–Crippen LogP) is 3.17. The lowest BCUT2D eigenvalue weighted by Gasteiger charge is -2.15. The van der Waals surface area contributed by atoms with E-state index in [-0.39, 0.29) is 5.69 Å². The third kappa shape index (κ3) is 4.30. The molecule has 0 radical (unpaired) electrons. The number of carbonyl (C=O) groups is 2. The van der Waals surface area contributed by atoms with Gasteiger partial charge < -0.3 is 15.3 Å². The minimum absolute atomic E-state index is 0.179. The van der Waals surface area contributed by atoms with E-state index in [1.165, 1.54) is 25.3 Å². The monoisotopic (exact) mass is 362 g/mol. The summed E-state index contributed by atoms with van der Waals surface area (Å²) >= 11 is 0. The van der Waals surface area contributed by atoms with E-state index in [1.807, 2.05) is 48.5 Å². The zero-order valence-electron chi connectivity index (χ0n) is 14.7. The fraction of sp³-hybridized carbons (Fsp3) is 0.0952. The highest BCUT2D eigenvalue weighted by Gasteiger charge is 2.24. The number of para-hydroxylation sites is 1. The smallest absolute Gasteiger partial charge is 0.405 e. The van der Waals surface area contributed by atoms with Crippen molar-refractivity contribution in [1.82, 2.24) is 0 Å². The van der Waals surface area contributed by atoms with Gasteiger partial charge >= 0.3 is 11.7 Å². The van der Waals surface area contributed by atoms with Crippen molar-refractivity contribution in [2.75, 3.05) is 5.32 Å². The Hall–Kier alpha value is -3.67. The summed E-state index contributed by atoms with van der Waals surface area (Å²) < 4.78 is 5.53. The zero-order valence-corrected chi connectivity index (χ0v) is 14.7. The van der Waals surface area contributed by atoms with Gasteiger partial charge in [-0.2, -0.15) is 4.73 Å². The number of anilines is 1. The number of nitrogens with one attached hydrogen (secondary N) is 1. The number of hydrogen-bond donors (Lipinski definition) is 1. The van der Waals surface area contributed by atoms with Crippen molar-refractivity contribution in [3.05, 3.63) is 89.9 Å². The number of amides is 1. The van der Waals surface area contributed by atoms with Crippen molar-refractivity contribution in [3.63, 3.8) is 0 Å². The minimum Gasteiger partial charge on any atom is -0.618 e. The second-order valence-electron chi connectivity index (χ2n) is 5.86. The molecule has 1 heterocycles. The molecular formula is C21H18N2O4. The molecule has 1 aromatic heterocycles. The van der Waals surface area contributed by atoms with Crippen molar-refractivity contribution in [1.29, 1.82) is 0 Å². The number of pyridine rings is 1. The molecule has 1 N–H and O–H groups in total. The van der Waals surface area contributed by atoms with Gasteiger partial charge in [0.25, 0.3) is 5.91 Å². The van der Waals surface area contributed by atoms with Gasteiger partial charge in [0.2, 0.25) is 0 Å². The van der Waals surface area contributed by atoms with Crippen molar-refractivity contribution in [2.24, 2.45) is 0 Å². The Morgan fingerprint density at radius 2 is 1.63 bits per heavy atom. The Morgan fingerprint density at radius 3 is 2.37 bits per heavy atom. The number of hydrogen-bond acceptors (Lipinski definition) is 4. The van der Waals surface area contributed by atoms with Crippen LogP contribution in [0.2, 0.25) is 0 Å². The average Bonchev–Trinajstić information content (AvgIpc) is 2.69. The molecule has 27 heavy (non-hydrogen) atoms. The Morgan fingerprint density at radius 1 is 0.963 bits per heavy atom. The quantitative estimate of drug-likeness (QED) is 0.429. The molecule has 0 unspecified atom stereocenters. The molecule has 0 bridgehead atoms. The second kappa shape index (κ2) is 8.14. The van der Waals surface area contributed by atoms with Crippen LogP contribution in [0.15, 0.2) is 79.0 Å². The number of aromatic nitrogens is 1. The van der Waals surface area contributed by atoms with Crippen molar-refractivity contribution in [3.8, 4) is 11.1 Å². The average molecular weight is 362 g/mol. The molecule has 136 valence electrons. The van der Waals surface area contributed by atoms with E-state index in [4.69, 9.17) is 4.74 Å². The van der Waals surface area contributed by atoms with E-state index in [2.05, 4.69) is 5.32 Å². The fourth-order valence-corrected chi connectivity index (χ4v) is 2.56. The first-order valence-electron chi connectivity index (χ1n) is 8.41. The zero-order chi connectivity index (χ0) is 19.2. The summed E-state index contributed by atoms with van der Waals surface area (Å²) in [5, 5.41) is 14.4. The number of ether oxygens (including phenoxy) is 1. The molecule has 0 fully saturated rings. The molecule has 0 saturated carbocycles. The summed E-state index contributed by atoms with van der Waals surface area (Å²) in [6.07, 6.45) is 0.124. The van der Waals surface area contributed by atoms with Gasteiger partial charge in [0.1, 0.15) is 0 Å². The lowest BCUT2D eigenvalue weighted by atomic mass is 10.0. The lowest BCUT2D eigenvalue weighted by molar-refractivity contribution is -0.608. The number of esters is 1. The summed E-state index contributed by atoms with van der Waals surface area (Å²) in [6, 6.07) is 21.4. The van der Waals surface area contributed by atoms with E-state index in [0.29, 0.717) is 10.4 Å². The van der Waals surface area contributed by atoms with Crippen LogP contribution in [0.1, 0.15) is 17.4 Å². The first-order valence-corrected chi connectivity index (χ1v) is 8.41. The van der Waals surface area contributed by atoms with E-state index in [9.17, 15) is 14.8 Å². The maximum atomic E-state index is 12.5. The van der Waals surface area contributed by atoms with Crippen LogP contribution >= 0.6 is 0 Å². The normalized spacial score (nSPS) is 11.4. The Balaban J connectivity index is 1.73. The summed E-state index contributed by atoms with van der Waals surface area (Å²) in [7, 11) is 0. The van der Waals surface area contributed by atoms with Crippen LogP contribution in [0.25, 0.3) is 11.1 Å². The highest BCUT2D eigenvalue weighted by atomic mass is 16.6. The molecule has 2 aromatic carbocycles. The van der Waals surface area contributed by atoms with Crippen molar-refractivity contribution < 1.29 is 19.1 Å². The molecule has 1 atom stereocenters. The van der Waals surface area contributed by atoms with Crippen LogP contribution in [0.4, 0.5) is 5.69 Å². The molecule has 6 nitrogen and oxygen atoms in total. The van der Waals surface area contributed by atoms with E-state index < -0.39 is 18.0 Å². The molecule has 0 spiro atoms. The molecule has 1 amide bonds. The molecule has 3 aromatic rings. The van der Waals surface area contributed by atoms with Gasteiger partial charge in [-0.3, -0.25) is 4.79 Å². The van der Waals surface area contributed by atoms with Gasteiger partial charge in [-0.1, -0.05) is 48.5 Å². The van der Waals surface area contributed by atoms with Gasteiger partial charge in [0.05, 0.1) is 0 Å². The standard InChI is InChI=1S/C21H18N2O4/c1-15(27-21(25)19-13-7-8-14-23(19)26)20(24)22-18-12-6-5-11-17(18)16-9-3-2-4-10-16/h2-15H,1H3,(H,22,24)/t15-/m1/s1. The van der Waals surface area contributed by atoms with Gasteiger partial charge in [0, 0.05) is 23.4 Å². The van der Waals surface area contributed by atoms with Crippen LogP contribution in [-0.4, -0.2) is 18.0 Å².